The minimum atomic E-state index is -0.246. The maximum Gasteiger partial charge on any atom is 0.141 e. The molecule has 0 fully saturated rings. The van der Waals surface area contributed by atoms with E-state index in [1.54, 1.807) is 7.11 Å². The molecule has 0 heterocycles. The van der Waals surface area contributed by atoms with Crippen LogP contribution in [-0.2, 0) is 9.53 Å². The van der Waals surface area contributed by atoms with E-state index in [1.165, 1.54) is 0 Å². The maximum absolute atomic E-state index is 12.3. The van der Waals surface area contributed by atoms with Gasteiger partial charge in [-0.05, 0) is 18.3 Å². The van der Waals surface area contributed by atoms with E-state index in [-0.39, 0.29) is 16.7 Å². The Hall–Kier alpha value is -0.370. The van der Waals surface area contributed by atoms with Gasteiger partial charge in [-0.1, -0.05) is 41.5 Å². The summed E-state index contributed by atoms with van der Waals surface area (Å²) in [6.45, 7) is 13.2. The largest absolute Gasteiger partial charge is 0.385 e. The molecule has 2 heteroatoms. The number of methoxy groups -OCH3 is 1. The Bertz CT molecular complexity index is 218. The van der Waals surface area contributed by atoms with Gasteiger partial charge in [-0.2, -0.15) is 0 Å². The van der Waals surface area contributed by atoms with E-state index >= 15 is 0 Å². The van der Waals surface area contributed by atoms with Gasteiger partial charge in [-0.3, -0.25) is 4.79 Å². The first-order valence-corrected chi connectivity index (χ1v) is 6.11. The summed E-state index contributed by atoms with van der Waals surface area (Å²) in [7, 11) is 1.69. The molecule has 0 aromatic rings. The van der Waals surface area contributed by atoms with Crippen LogP contribution in [0, 0.1) is 16.7 Å². The molecular formula is C14H28O2. The fourth-order valence-corrected chi connectivity index (χ4v) is 1.94. The van der Waals surface area contributed by atoms with E-state index in [4.69, 9.17) is 4.74 Å². The second-order valence-electron chi connectivity index (χ2n) is 6.86. The van der Waals surface area contributed by atoms with Crippen molar-refractivity contribution in [2.75, 3.05) is 13.7 Å². The number of hydrogen-bond donors (Lipinski definition) is 0. The lowest BCUT2D eigenvalue weighted by Gasteiger charge is -2.29. The zero-order valence-electron chi connectivity index (χ0n) is 12.0. The van der Waals surface area contributed by atoms with Crippen LogP contribution in [0.2, 0.25) is 0 Å². The van der Waals surface area contributed by atoms with Crippen molar-refractivity contribution in [2.45, 2.75) is 54.4 Å². The topological polar surface area (TPSA) is 26.3 Å². The molecule has 0 aliphatic rings. The maximum atomic E-state index is 12.3. The monoisotopic (exact) mass is 228 g/mol. The molecule has 96 valence electrons. The summed E-state index contributed by atoms with van der Waals surface area (Å²) >= 11 is 0. The second kappa shape index (κ2) is 5.81. The van der Waals surface area contributed by atoms with Gasteiger partial charge in [0.1, 0.15) is 5.78 Å². The molecule has 0 bridgehead atoms. The Morgan fingerprint density at radius 3 is 1.94 bits per heavy atom. The summed E-state index contributed by atoms with van der Waals surface area (Å²) < 4.78 is 5.10. The molecular weight excluding hydrogens is 200 g/mol. The van der Waals surface area contributed by atoms with Crippen LogP contribution in [0.1, 0.15) is 54.4 Å². The van der Waals surface area contributed by atoms with E-state index in [9.17, 15) is 4.79 Å². The highest BCUT2D eigenvalue weighted by molar-refractivity contribution is 5.85. The van der Waals surface area contributed by atoms with Crippen LogP contribution in [0.25, 0.3) is 0 Å². The van der Waals surface area contributed by atoms with Gasteiger partial charge < -0.3 is 4.74 Å². The summed E-state index contributed by atoms with van der Waals surface area (Å²) in [5.74, 6) is 0.486. The predicted octanol–water partition coefficient (Wildman–Crippen LogP) is 3.69. The van der Waals surface area contributed by atoms with Crippen molar-refractivity contribution >= 4 is 5.78 Å². The quantitative estimate of drug-likeness (QED) is 0.717. The Morgan fingerprint density at radius 1 is 1.12 bits per heavy atom. The number of carbonyl (C=O) groups is 1. The molecule has 0 unspecified atom stereocenters. The minimum Gasteiger partial charge on any atom is -0.385 e. The standard InChI is InChI=1S/C14H28O2/c1-13(2,3)10-11(8-9-16-7)12(15)14(4,5)6/h11H,8-10H2,1-7H3/t11-/m0/s1. The molecule has 0 saturated carbocycles. The lowest BCUT2D eigenvalue weighted by atomic mass is 9.74. The summed E-state index contributed by atoms with van der Waals surface area (Å²) in [5.41, 5.74) is -0.0526. The average Bonchev–Trinajstić information content (AvgIpc) is 2.07. The van der Waals surface area contributed by atoms with Crippen molar-refractivity contribution in [3.05, 3.63) is 0 Å². The van der Waals surface area contributed by atoms with Gasteiger partial charge >= 0.3 is 0 Å². The molecule has 0 N–H and O–H groups in total. The number of carbonyl (C=O) groups excluding carboxylic acids is 1. The zero-order chi connectivity index (χ0) is 13.0. The van der Waals surface area contributed by atoms with Gasteiger partial charge in [0.25, 0.3) is 0 Å². The molecule has 1 atom stereocenters. The summed E-state index contributed by atoms with van der Waals surface area (Å²) in [6, 6.07) is 0. The zero-order valence-corrected chi connectivity index (χ0v) is 12.0. The normalized spacial score (nSPS) is 14.9. The van der Waals surface area contributed by atoms with E-state index in [2.05, 4.69) is 20.8 Å². The average molecular weight is 228 g/mol. The molecule has 0 rings (SSSR count). The first-order chi connectivity index (χ1) is 7.08. The van der Waals surface area contributed by atoms with E-state index in [0.717, 1.165) is 12.8 Å². The second-order valence-corrected chi connectivity index (χ2v) is 6.86. The summed E-state index contributed by atoms with van der Waals surface area (Å²) in [5, 5.41) is 0. The van der Waals surface area contributed by atoms with Gasteiger partial charge in [-0.25, -0.2) is 0 Å². The lowest BCUT2D eigenvalue weighted by molar-refractivity contribution is -0.132. The Morgan fingerprint density at radius 2 is 1.62 bits per heavy atom. The van der Waals surface area contributed by atoms with Crippen LogP contribution in [-0.4, -0.2) is 19.5 Å². The SMILES string of the molecule is COCC[C@@H](CC(C)(C)C)C(=O)C(C)(C)C. The molecule has 0 aromatic carbocycles. The predicted molar refractivity (Wildman–Crippen MR) is 68.5 cm³/mol. The molecule has 0 spiro atoms. The molecule has 0 radical (unpaired) electrons. The number of Topliss-reactive ketones (excluding diaryl/α,β-unsaturated/α-hetero) is 1. The Kier molecular flexibility index (Phi) is 5.67. The highest BCUT2D eigenvalue weighted by Gasteiger charge is 2.31. The molecule has 0 amide bonds. The summed E-state index contributed by atoms with van der Waals surface area (Å²) in [6.07, 6.45) is 1.77. The third kappa shape index (κ3) is 6.26. The Balaban J connectivity index is 4.61. The third-order valence-corrected chi connectivity index (χ3v) is 2.64. The van der Waals surface area contributed by atoms with Crippen molar-refractivity contribution in [1.29, 1.82) is 0 Å². The molecule has 0 aliphatic carbocycles. The van der Waals surface area contributed by atoms with Crippen molar-refractivity contribution in [3.8, 4) is 0 Å². The number of hydrogen-bond acceptors (Lipinski definition) is 2. The molecule has 0 saturated heterocycles. The van der Waals surface area contributed by atoms with Gasteiger partial charge in [-0.15, -0.1) is 0 Å². The van der Waals surface area contributed by atoms with Crippen molar-refractivity contribution in [3.63, 3.8) is 0 Å². The Labute approximate surface area is 101 Å². The van der Waals surface area contributed by atoms with Crippen LogP contribution in [0.15, 0.2) is 0 Å². The van der Waals surface area contributed by atoms with Crippen LogP contribution < -0.4 is 0 Å². The van der Waals surface area contributed by atoms with Gasteiger partial charge in [0.05, 0.1) is 0 Å². The van der Waals surface area contributed by atoms with Gasteiger partial charge in [0.15, 0.2) is 0 Å². The molecule has 2 nitrogen and oxygen atoms in total. The molecule has 0 aromatic heterocycles. The minimum absolute atomic E-state index is 0.125. The number of rotatable bonds is 5. The smallest absolute Gasteiger partial charge is 0.141 e. The third-order valence-electron chi connectivity index (χ3n) is 2.64. The lowest BCUT2D eigenvalue weighted by Crippen LogP contribution is -2.31. The first-order valence-electron chi connectivity index (χ1n) is 6.11. The van der Waals surface area contributed by atoms with Crippen molar-refractivity contribution in [2.24, 2.45) is 16.7 Å². The van der Waals surface area contributed by atoms with Gasteiger partial charge in [0, 0.05) is 25.0 Å². The number of ether oxygens (including phenoxy) is 1. The molecule has 16 heavy (non-hydrogen) atoms. The van der Waals surface area contributed by atoms with Crippen molar-refractivity contribution < 1.29 is 9.53 Å². The van der Waals surface area contributed by atoms with Crippen LogP contribution in [0.4, 0.5) is 0 Å². The van der Waals surface area contributed by atoms with E-state index < -0.39 is 0 Å². The van der Waals surface area contributed by atoms with E-state index in [1.807, 2.05) is 20.8 Å². The van der Waals surface area contributed by atoms with Gasteiger partial charge in [0.2, 0.25) is 0 Å². The van der Waals surface area contributed by atoms with Crippen LogP contribution >= 0.6 is 0 Å². The highest BCUT2D eigenvalue weighted by atomic mass is 16.5. The first kappa shape index (κ1) is 15.6. The molecule has 0 aliphatic heterocycles. The van der Waals surface area contributed by atoms with Crippen LogP contribution in [0.5, 0.6) is 0 Å². The fraction of sp³-hybridized carbons (Fsp3) is 0.929. The van der Waals surface area contributed by atoms with E-state index in [0.29, 0.717) is 12.4 Å². The fourth-order valence-electron chi connectivity index (χ4n) is 1.94. The van der Waals surface area contributed by atoms with Crippen molar-refractivity contribution in [1.82, 2.24) is 0 Å². The summed E-state index contributed by atoms with van der Waals surface area (Å²) in [4.78, 5) is 12.3. The van der Waals surface area contributed by atoms with Crippen LogP contribution in [0.3, 0.4) is 0 Å². The highest BCUT2D eigenvalue weighted by Crippen LogP contribution is 2.32. The number of ketones is 1.